The number of halogens is 1. The Kier molecular flexibility index (Phi) is 4.66. The molecule has 0 amide bonds. The number of rotatable bonds is 6. The summed E-state index contributed by atoms with van der Waals surface area (Å²) in [7, 11) is -3.44. The van der Waals surface area contributed by atoms with Crippen molar-refractivity contribution in [3.63, 3.8) is 0 Å². The van der Waals surface area contributed by atoms with Crippen molar-refractivity contribution in [2.24, 2.45) is 11.7 Å². The molecule has 1 saturated carbocycles. The summed E-state index contributed by atoms with van der Waals surface area (Å²) in [5.74, 6) is 0.534. The first-order valence-corrected chi connectivity index (χ1v) is 8.71. The fraction of sp³-hybridized carbons (Fsp3) is 0.538. The number of hydrogen-bond acceptors (Lipinski definition) is 3. The molecule has 1 aliphatic carbocycles. The number of sulfonamides is 1. The number of benzene rings is 1. The second-order valence-corrected chi connectivity index (χ2v) is 7.63. The monoisotopic (exact) mass is 346 g/mol. The third kappa shape index (κ3) is 3.37. The van der Waals surface area contributed by atoms with Gasteiger partial charge in [-0.3, -0.25) is 0 Å². The van der Waals surface area contributed by atoms with Crippen LogP contribution < -0.4 is 5.73 Å². The van der Waals surface area contributed by atoms with Crippen molar-refractivity contribution in [2.45, 2.75) is 31.2 Å². The topological polar surface area (TPSA) is 63.4 Å². The Labute approximate surface area is 123 Å². The van der Waals surface area contributed by atoms with Crippen LogP contribution in [0.15, 0.2) is 27.6 Å². The van der Waals surface area contributed by atoms with Crippen LogP contribution in [0.3, 0.4) is 0 Å². The molecular weight excluding hydrogens is 328 g/mol. The lowest BCUT2D eigenvalue weighted by atomic mass is 10.2. The number of nitrogens with two attached hydrogens (primary N) is 1. The summed E-state index contributed by atoms with van der Waals surface area (Å²) in [6, 6.07) is 5.25. The standard InChI is InChI=1S/C13H19BrN2O2S/c1-2-16(9-10-3-4-10)19(17,18)13-7-11(8-15)5-6-12(13)14/h5-7,10H,2-4,8-9,15H2,1H3. The summed E-state index contributed by atoms with van der Waals surface area (Å²) in [5.41, 5.74) is 6.41. The minimum Gasteiger partial charge on any atom is -0.326 e. The molecular formula is C13H19BrN2O2S. The van der Waals surface area contributed by atoms with Crippen LogP contribution in [0.5, 0.6) is 0 Å². The molecule has 0 aliphatic heterocycles. The molecule has 1 aromatic carbocycles. The third-order valence-corrected chi connectivity index (χ3v) is 6.30. The van der Waals surface area contributed by atoms with Gasteiger partial charge in [0.2, 0.25) is 10.0 Å². The van der Waals surface area contributed by atoms with Crippen molar-refractivity contribution < 1.29 is 8.42 Å². The van der Waals surface area contributed by atoms with E-state index in [4.69, 9.17) is 5.73 Å². The summed E-state index contributed by atoms with van der Waals surface area (Å²) >= 11 is 3.33. The van der Waals surface area contributed by atoms with Crippen LogP contribution >= 0.6 is 15.9 Å². The van der Waals surface area contributed by atoms with E-state index in [1.165, 1.54) is 0 Å². The summed E-state index contributed by atoms with van der Waals surface area (Å²) < 4.78 is 27.5. The van der Waals surface area contributed by atoms with Crippen LogP contribution in [0.4, 0.5) is 0 Å². The lowest BCUT2D eigenvalue weighted by Gasteiger charge is -2.21. The van der Waals surface area contributed by atoms with Gasteiger partial charge in [0, 0.05) is 24.1 Å². The predicted molar refractivity (Wildman–Crippen MR) is 79.2 cm³/mol. The van der Waals surface area contributed by atoms with Crippen LogP contribution in [0.2, 0.25) is 0 Å². The molecule has 0 spiro atoms. The van der Waals surface area contributed by atoms with Gasteiger partial charge < -0.3 is 5.73 Å². The molecule has 0 unspecified atom stereocenters. The van der Waals surface area contributed by atoms with Gasteiger partial charge in [-0.2, -0.15) is 4.31 Å². The zero-order valence-corrected chi connectivity index (χ0v) is 13.4. The average molecular weight is 347 g/mol. The normalized spacial score (nSPS) is 16.0. The van der Waals surface area contributed by atoms with E-state index in [1.54, 1.807) is 16.4 Å². The Balaban J connectivity index is 2.35. The summed E-state index contributed by atoms with van der Waals surface area (Å²) in [5, 5.41) is 0. The van der Waals surface area contributed by atoms with E-state index >= 15 is 0 Å². The summed E-state index contributed by atoms with van der Waals surface area (Å²) in [6.07, 6.45) is 2.27. The molecule has 1 aliphatic rings. The fourth-order valence-electron chi connectivity index (χ4n) is 2.00. The fourth-order valence-corrected chi connectivity index (χ4v) is 4.50. The van der Waals surface area contributed by atoms with E-state index < -0.39 is 10.0 Å². The highest BCUT2D eigenvalue weighted by molar-refractivity contribution is 9.10. The van der Waals surface area contributed by atoms with Gasteiger partial charge in [-0.15, -0.1) is 0 Å². The Morgan fingerprint density at radius 3 is 2.63 bits per heavy atom. The maximum Gasteiger partial charge on any atom is 0.244 e. The lowest BCUT2D eigenvalue weighted by molar-refractivity contribution is 0.411. The van der Waals surface area contributed by atoms with Gasteiger partial charge in [0.1, 0.15) is 0 Å². The number of hydrogen-bond donors (Lipinski definition) is 1. The van der Waals surface area contributed by atoms with Gasteiger partial charge in [-0.1, -0.05) is 13.0 Å². The van der Waals surface area contributed by atoms with Gasteiger partial charge in [0.05, 0.1) is 4.90 Å². The molecule has 0 saturated heterocycles. The Hall–Kier alpha value is -0.430. The first-order valence-electron chi connectivity index (χ1n) is 6.47. The predicted octanol–water partition coefficient (Wildman–Crippen LogP) is 2.33. The van der Waals surface area contributed by atoms with Gasteiger partial charge in [0.15, 0.2) is 0 Å². The highest BCUT2D eigenvalue weighted by atomic mass is 79.9. The second-order valence-electron chi connectivity index (χ2n) is 4.87. The van der Waals surface area contributed by atoms with Gasteiger partial charge >= 0.3 is 0 Å². The largest absolute Gasteiger partial charge is 0.326 e. The first-order chi connectivity index (χ1) is 8.98. The van der Waals surface area contributed by atoms with Crippen LogP contribution in [0, 0.1) is 5.92 Å². The van der Waals surface area contributed by atoms with Crippen LogP contribution in [0.1, 0.15) is 25.3 Å². The summed E-state index contributed by atoms with van der Waals surface area (Å²) in [6.45, 7) is 3.33. The summed E-state index contributed by atoms with van der Waals surface area (Å²) in [4.78, 5) is 0.318. The van der Waals surface area contributed by atoms with Crippen LogP contribution in [-0.2, 0) is 16.6 Å². The minimum atomic E-state index is -3.44. The Bertz CT molecular complexity index is 556. The van der Waals surface area contributed by atoms with E-state index in [0.29, 0.717) is 34.9 Å². The molecule has 4 nitrogen and oxygen atoms in total. The van der Waals surface area contributed by atoms with Crippen molar-refractivity contribution in [1.82, 2.24) is 4.31 Å². The Morgan fingerprint density at radius 1 is 1.42 bits per heavy atom. The molecule has 0 bridgehead atoms. The molecule has 0 atom stereocenters. The molecule has 6 heteroatoms. The lowest BCUT2D eigenvalue weighted by Crippen LogP contribution is -2.33. The van der Waals surface area contributed by atoms with Crippen molar-refractivity contribution in [1.29, 1.82) is 0 Å². The first kappa shape index (κ1) is 15.0. The molecule has 19 heavy (non-hydrogen) atoms. The smallest absolute Gasteiger partial charge is 0.244 e. The van der Waals surface area contributed by atoms with Crippen molar-refractivity contribution in [3.8, 4) is 0 Å². The SMILES string of the molecule is CCN(CC1CC1)S(=O)(=O)c1cc(CN)ccc1Br. The zero-order chi connectivity index (χ0) is 14.0. The highest BCUT2D eigenvalue weighted by Crippen LogP contribution is 2.33. The minimum absolute atomic E-state index is 0.318. The van der Waals surface area contributed by atoms with Gasteiger partial charge in [-0.25, -0.2) is 8.42 Å². The van der Waals surface area contributed by atoms with E-state index in [1.807, 2.05) is 13.0 Å². The highest BCUT2D eigenvalue weighted by Gasteiger charge is 2.31. The third-order valence-electron chi connectivity index (χ3n) is 3.36. The van der Waals surface area contributed by atoms with E-state index in [2.05, 4.69) is 15.9 Å². The Morgan fingerprint density at radius 2 is 2.11 bits per heavy atom. The molecule has 2 N–H and O–H groups in total. The molecule has 2 rings (SSSR count). The van der Waals surface area contributed by atoms with Crippen LogP contribution in [0.25, 0.3) is 0 Å². The van der Waals surface area contributed by atoms with Crippen molar-refractivity contribution in [2.75, 3.05) is 13.1 Å². The number of nitrogens with zero attached hydrogens (tertiary/aromatic N) is 1. The molecule has 0 heterocycles. The van der Waals surface area contributed by atoms with E-state index in [-0.39, 0.29) is 0 Å². The van der Waals surface area contributed by atoms with Gasteiger partial charge in [0.25, 0.3) is 0 Å². The maximum absolute atomic E-state index is 12.7. The quantitative estimate of drug-likeness (QED) is 0.859. The van der Waals surface area contributed by atoms with E-state index in [9.17, 15) is 8.42 Å². The van der Waals surface area contributed by atoms with Crippen molar-refractivity contribution >= 4 is 26.0 Å². The molecule has 0 aromatic heterocycles. The molecule has 1 aromatic rings. The molecule has 106 valence electrons. The average Bonchev–Trinajstić information content (AvgIpc) is 3.20. The molecule has 0 radical (unpaired) electrons. The van der Waals surface area contributed by atoms with Gasteiger partial charge in [-0.05, 0) is 52.4 Å². The zero-order valence-electron chi connectivity index (χ0n) is 11.0. The van der Waals surface area contributed by atoms with Crippen molar-refractivity contribution in [3.05, 3.63) is 28.2 Å². The molecule has 1 fully saturated rings. The second kappa shape index (κ2) is 5.91. The van der Waals surface area contributed by atoms with Crippen LogP contribution in [-0.4, -0.2) is 25.8 Å². The van der Waals surface area contributed by atoms with E-state index in [0.717, 1.165) is 18.4 Å². The maximum atomic E-state index is 12.7.